The van der Waals surface area contributed by atoms with Crippen molar-refractivity contribution in [2.24, 2.45) is 0 Å². The molecule has 0 aliphatic rings. The number of pyridine rings is 1. The first-order valence-corrected chi connectivity index (χ1v) is 7.85. The number of nitrogens with two attached hydrogens (primary N) is 1. The standard InChI is InChI=1S/C19H13BrN2/c20-14-8-9-15(17(21)11-14)16-5-1-3-12-6-7-13-4-2-10-22-19(13)18(12)16/h1-11H,21H2. The van der Waals surface area contributed by atoms with Crippen LogP contribution < -0.4 is 5.73 Å². The van der Waals surface area contributed by atoms with Crippen molar-refractivity contribution in [3.8, 4) is 11.1 Å². The summed E-state index contributed by atoms with van der Waals surface area (Å²) < 4.78 is 0.983. The van der Waals surface area contributed by atoms with Gasteiger partial charge in [0.2, 0.25) is 0 Å². The van der Waals surface area contributed by atoms with Crippen LogP contribution in [0.5, 0.6) is 0 Å². The predicted octanol–water partition coefficient (Wildman–Crippen LogP) is 5.40. The van der Waals surface area contributed by atoms with Gasteiger partial charge in [-0.05, 0) is 29.1 Å². The van der Waals surface area contributed by atoms with Crippen molar-refractivity contribution < 1.29 is 0 Å². The second-order valence-electron chi connectivity index (χ2n) is 5.28. The first kappa shape index (κ1) is 13.3. The molecule has 1 aromatic heterocycles. The molecule has 22 heavy (non-hydrogen) atoms. The van der Waals surface area contributed by atoms with Crippen molar-refractivity contribution in [2.45, 2.75) is 0 Å². The molecule has 0 bridgehead atoms. The van der Waals surface area contributed by atoms with Gasteiger partial charge in [-0.25, -0.2) is 0 Å². The lowest BCUT2D eigenvalue weighted by atomic mass is 9.95. The Balaban J connectivity index is 2.16. The van der Waals surface area contributed by atoms with E-state index in [4.69, 9.17) is 5.73 Å². The van der Waals surface area contributed by atoms with E-state index in [0.717, 1.165) is 37.6 Å². The van der Waals surface area contributed by atoms with Crippen LogP contribution in [0.4, 0.5) is 5.69 Å². The molecule has 0 amide bonds. The number of aromatic nitrogens is 1. The summed E-state index contributed by atoms with van der Waals surface area (Å²) in [5.74, 6) is 0. The summed E-state index contributed by atoms with van der Waals surface area (Å²) in [7, 11) is 0. The molecule has 3 aromatic carbocycles. The topological polar surface area (TPSA) is 38.9 Å². The number of benzene rings is 3. The van der Waals surface area contributed by atoms with E-state index in [1.54, 1.807) is 0 Å². The lowest BCUT2D eigenvalue weighted by Crippen LogP contribution is -1.92. The summed E-state index contributed by atoms with van der Waals surface area (Å²) in [5.41, 5.74) is 10.2. The molecule has 1 heterocycles. The smallest absolute Gasteiger partial charge is 0.0786 e. The number of nitrogens with zero attached hydrogens (tertiary/aromatic N) is 1. The van der Waals surface area contributed by atoms with E-state index in [0.29, 0.717) is 0 Å². The Morgan fingerprint density at radius 2 is 1.64 bits per heavy atom. The SMILES string of the molecule is Nc1cc(Br)ccc1-c1cccc2ccc3cccnc3c12. The van der Waals surface area contributed by atoms with Gasteiger partial charge >= 0.3 is 0 Å². The van der Waals surface area contributed by atoms with Crippen LogP contribution >= 0.6 is 15.9 Å². The Morgan fingerprint density at radius 3 is 2.50 bits per heavy atom. The van der Waals surface area contributed by atoms with Gasteiger partial charge in [0.05, 0.1) is 5.52 Å². The van der Waals surface area contributed by atoms with Gasteiger partial charge in [0.15, 0.2) is 0 Å². The molecule has 0 atom stereocenters. The van der Waals surface area contributed by atoms with E-state index in [-0.39, 0.29) is 0 Å². The van der Waals surface area contributed by atoms with Gasteiger partial charge in [0.25, 0.3) is 0 Å². The highest BCUT2D eigenvalue weighted by Gasteiger charge is 2.10. The monoisotopic (exact) mass is 348 g/mol. The number of fused-ring (bicyclic) bond motifs is 3. The molecule has 0 unspecified atom stereocenters. The third kappa shape index (κ3) is 2.06. The van der Waals surface area contributed by atoms with Crippen LogP contribution in [0.15, 0.2) is 71.3 Å². The molecule has 4 aromatic rings. The van der Waals surface area contributed by atoms with E-state index in [9.17, 15) is 0 Å². The highest BCUT2D eigenvalue weighted by Crippen LogP contribution is 2.36. The largest absolute Gasteiger partial charge is 0.398 e. The molecule has 0 radical (unpaired) electrons. The lowest BCUT2D eigenvalue weighted by Gasteiger charge is -2.12. The zero-order valence-corrected chi connectivity index (χ0v) is 13.3. The van der Waals surface area contributed by atoms with Crippen LogP contribution in [0, 0.1) is 0 Å². The van der Waals surface area contributed by atoms with Gasteiger partial charge in [-0.3, -0.25) is 4.98 Å². The second kappa shape index (κ2) is 5.11. The molecule has 0 aliphatic heterocycles. The summed E-state index contributed by atoms with van der Waals surface area (Å²) >= 11 is 3.47. The van der Waals surface area contributed by atoms with E-state index in [1.165, 1.54) is 5.39 Å². The highest BCUT2D eigenvalue weighted by atomic mass is 79.9. The minimum absolute atomic E-state index is 0.759. The molecule has 0 saturated carbocycles. The number of hydrogen-bond acceptors (Lipinski definition) is 2. The Bertz CT molecular complexity index is 1010. The molecule has 2 N–H and O–H groups in total. The summed E-state index contributed by atoms with van der Waals surface area (Å²) in [6.07, 6.45) is 1.84. The summed E-state index contributed by atoms with van der Waals surface area (Å²) in [5, 5.41) is 3.46. The van der Waals surface area contributed by atoms with Gasteiger partial charge in [0.1, 0.15) is 0 Å². The number of nitrogen functional groups attached to an aromatic ring is 1. The summed E-state index contributed by atoms with van der Waals surface area (Å²) in [4.78, 5) is 4.59. The van der Waals surface area contributed by atoms with Crippen molar-refractivity contribution in [1.29, 1.82) is 0 Å². The van der Waals surface area contributed by atoms with Gasteiger partial charge < -0.3 is 5.73 Å². The van der Waals surface area contributed by atoms with Crippen molar-refractivity contribution in [2.75, 3.05) is 5.73 Å². The number of halogens is 1. The molecule has 3 heteroatoms. The van der Waals surface area contributed by atoms with Crippen molar-refractivity contribution in [1.82, 2.24) is 4.98 Å². The maximum Gasteiger partial charge on any atom is 0.0786 e. The molecule has 0 saturated heterocycles. The number of rotatable bonds is 1. The molecular formula is C19H13BrN2. The average Bonchev–Trinajstić information content (AvgIpc) is 2.54. The zero-order chi connectivity index (χ0) is 15.1. The van der Waals surface area contributed by atoms with Crippen LogP contribution in [0.1, 0.15) is 0 Å². The van der Waals surface area contributed by atoms with Gasteiger partial charge in [0, 0.05) is 32.7 Å². The Hall–Kier alpha value is -2.39. The van der Waals surface area contributed by atoms with E-state index >= 15 is 0 Å². The van der Waals surface area contributed by atoms with Crippen molar-refractivity contribution in [3.05, 3.63) is 71.3 Å². The maximum atomic E-state index is 6.24. The van der Waals surface area contributed by atoms with Crippen molar-refractivity contribution >= 4 is 43.3 Å². The molecule has 4 rings (SSSR count). The third-order valence-corrected chi connectivity index (χ3v) is 4.41. The number of hydrogen-bond donors (Lipinski definition) is 1. The minimum Gasteiger partial charge on any atom is -0.398 e. The van der Waals surface area contributed by atoms with E-state index in [2.05, 4.69) is 63.4 Å². The zero-order valence-electron chi connectivity index (χ0n) is 11.8. The molecule has 0 fully saturated rings. The Labute approximate surface area is 136 Å². The fourth-order valence-corrected chi connectivity index (χ4v) is 3.30. The van der Waals surface area contributed by atoms with Crippen LogP contribution in [0.25, 0.3) is 32.8 Å². The molecular weight excluding hydrogens is 336 g/mol. The number of anilines is 1. The van der Waals surface area contributed by atoms with Gasteiger partial charge in [-0.15, -0.1) is 0 Å². The Morgan fingerprint density at radius 1 is 0.818 bits per heavy atom. The fourth-order valence-electron chi connectivity index (χ4n) is 2.92. The third-order valence-electron chi connectivity index (χ3n) is 3.92. The average molecular weight is 349 g/mol. The van der Waals surface area contributed by atoms with Crippen LogP contribution in [-0.4, -0.2) is 4.98 Å². The molecule has 0 aliphatic carbocycles. The highest BCUT2D eigenvalue weighted by molar-refractivity contribution is 9.10. The van der Waals surface area contributed by atoms with Crippen LogP contribution in [-0.2, 0) is 0 Å². The molecule has 2 nitrogen and oxygen atoms in total. The predicted molar refractivity (Wildman–Crippen MR) is 96.8 cm³/mol. The molecule has 0 spiro atoms. The lowest BCUT2D eigenvalue weighted by molar-refractivity contribution is 1.43. The Kier molecular flexibility index (Phi) is 3.09. The second-order valence-corrected chi connectivity index (χ2v) is 6.19. The molecule has 106 valence electrons. The van der Waals surface area contributed by atoms with Crippen molar-refractivity contribution in [3.63, 3.8) is 0 Å². The van der Waals surface area contributed by atoms with Gasteiger partial charge in [-0.2, -0.15) is 0 Å². The normalized spacial score (nSPS) is 11.1. The maximum absolute atomic E-state index is 6.24. The van der Waals surface area contributed by atoms with Crippen LogP contribution in [0.2, 0.25) is 0 Å². The van der Waals surface area contributed by atoms with E-state index < -0.39 is 0 Å². The van der Waals surface area contributed by atoms with E-state index in [1.807, 2.05) is 24.4 Å². The summed E-state index contributed by atoms with van der Waals surface area (Å²) in [6, 6.07) is 20.6. The minimum atomic E-state index is 0.759. The fraction of sp³-hybridized carbons (Fsp3) is 0. The summed E-state index contributed by atoms with van der Waals surface area (Å²) in [6.45, 7) is 0. The quantitative estimate of drug-likeness (QED) is 0.369. The van der Waals surface area contributed by atoms with Crippen LogP contribution in [0.3, 0.4) is 0 Å². The first-order chi connectivity index (χ1) is 10.7. The first-order valence-electron chi connectivity index (χ1n) is 7.06. The van der Waals surface area contributed by atoms with Gasteiger partial charge in [-0.1, -0.05) is 58.4 Å².